The van der Waals surface area contributed by atoms with E-state index in [1.54, 1.807) is 0 Å². The van der Waals surface area contributed by atoms with Gasteiger partial charge in [-0.05, 0) is 134 Å². The largest absolute Gasteiger partial charge is 0.310 e. The van der Waals surface area contributed by atoms with Crippen LogP contribution < -0.4 is 4.90 Å². The van der Waals surface area contributed by atoms with Crippen LogP contribution >= 0.6 is 0 Å². The molecule has 0 bridgehead atoms. The summed E-state index contributed by atoms with van der Waals surface area (Å²) in [4.78, 5) is 2.52. The maximum atomic E-state index is 2.52. The van der Waals surface area contributed by atoms with Crippen LogP contribution in [0.15, 0.2) is 140 Å². The van der Waals surface area contributed by atoms with E-state index in [1.165, 1.54) is 94.6 Å². The van der Waals surface area contributed by atoms with Gasteiger partial charge >= 0.3 is 0 Å². The Kier molecular flexibility index (Phi) is 6.40. The SMILES string of the molecule is Cc1cc(-c2ccc3ccccc3c2)cc(C)c1N(c1ccc2c(c1)C(C)(C)c1ccccc1-2)c1ccc2c(c1)C(C)(C)c1ccccc1-2. The lowest BCUT2D eigenvalue weighted by Gasteiger charge is -2.32. The molecule has 0 saturated carbocycles. The summed E-state index contributed by atoms with van der Waals surface area (Å²) >= 11 is 0. The molecule has 0 aliphatic heterocycles. The summed E-state index contributed by atoms with van der Waals surface area (Å²) in [7, 11) is 0. The number of fused-ring (bicyclic) bond motifs is 7. The lowest BCUT2D eigenvalue weighted by atomic mass is 9.82. The van der Waals surface area contributed by atoms with E-state index in [1.807, 2.05) is 0 Å². The van der Waals surface area contributed by atoms with Crippen LogP contribution in [0.4, 0.5) is 17.1 Å². The predicted octanol–water partition coefficient (Wildman–Crippen LogP) is 13.2. The van der Waals surface area contributed by atoms with Gasteiger partial charge in [0, 0.05) is 22.2 Å². The molecule has 7 aromatic rings. The Morgan fingerprint density at radius 3 is 1.41 bits per heavy atom. The van der Waals surface area contributed by atoms with Gasteiger partial charge < -0.3 is 4.90 Å². The normalized spacial score (nSPS) is 14.7. The number of rotatable bonds is 4. The summed E-state index contributed by atoms with van der Waals surface area (Å²) in [5.74, 6) is 0. The molecule has 7 aromatic carbocycles. The quantitative estimate of drug-likeness (QED) is 0.187. The zero-order chi connectivity index (χ0) is 33.7. The fourth-order valence-electron chi connectivity index (χ4n) is 8.91. The molecule has 2 aliphatic carbocycles. The molecule has 0 atom stereocenters. The van der Waals surface area contributed by atoms with Crippen molar-refractivity contribution >= 4 is 27.8 Å². The van der Waals surface area contributed by atoms with E-state index in [4.69, 9.17) is 0 Å². The third kappa shape index (κ3) is 4.38. The van der Waals surface area contributed by atoms with Crippen molar-refractivity contribution in [1.82, 2.24) is 0 Å². The maximum absolute atomic E-state index is 2.52. The van der Waals surface area contributed by atoms with Gasteiger partial charge in [-0.3, -0.25) is 0 Å². The molecule has 49 heavy (non-hydrogen) atoms. The molecule has 0 aromatic heterocycles. The van der Waals surface area contributed by atoms with Crippen molar-refractivity contribution < 1.29 is 0 Å². The first-order chi connectivity index (χ1) is 23.6. The van der Waals surface area contributed by atoms with Crippen LogP contribution in [0.5, 0.6) is 0 Å². The number of hydrogen-bond donors (Lipinski definition) is 0. The highest BCUT2D eigenvalue weighted by atomic mass is 15.1. The first-order valence-corrected chi connectivity index (χ1v) is 17.5. The fourth-order valence-corrected chi connectivity index (χ4v) is 8.91. The molecule has 1 heteroatoms. The highest BCUT2D eigenvalue weighted by molar-refractivity contribution is 5.91. The Labute approximate surface area is 290 Å². The summed E-state index contributed by atoms with van der Waals surface area (Å²) in [6.45, 7) is 14.0. The van der Waals surface area contributed by atoms with Crippen molar-refractivity contribution in [2.24, 2.45) is 0 Å². The standard InChI is InChI=1S/C48H41N/c1-30-25-35(34-20-19-32-13-7-8-14-33(32)27-34)26-31(2)46(30)49(36-21-23-40-38-15-9-11-17-42(38)47(3,4)44(40)28-36)37-22-24-41-39-16-10-12-18-43(39)48(5,6)45(41)29-37/h7-29H,1-6H3. The smallest absolute Gasteiger partial charge is 0.0520 e. The summed E-state index contributed by atoms with van der Waals surface area (Å²) in [6, 6.07) is 52.3. The van der Waals surface area contributed by atoms with Crippen molar-refractivity contribution in [3.63, 3.8) is 0 Å². The third-order valence-corrected chi connectivity index (χ3v) is 11.4. The van der Waals surface area contributed by atoms with Gasteiger partial charge in [0.1, 0.15) is 0 Å². The van der Waals surface area contributed by atoms with Gasteiger partial charge in [-0.1, -0.05) is 125 Å². The summed E-state index contributed by atoms with van der Waals surface area (Å²) in [5, 5.41) is 2.54. The molecule has 0 N–H and O–H groups in total. The number of anilines is 3. The molecule has 9 rings (SSSR count). The molecule has 238 valence electrons. The Morgan fingerprint density at radius 2 is 0.857 bits per heavy atom. The number of aryl methyl sites for hydroxylation is 2. The number of hydrogen-bond acceptors (Lipinski definition) is 1. The van der Waals surface area contributed by atoms with Crippen molar-refractivity contribution in [2.75, 3.05) is 4.90 Å². The highest BCUT2D eigenvalue weighted by Gasteiger charge is 2.38. The number of nitrogens with zero attached hydrogens (tertiary/aromatic N) is 1. The first-order valence-electron chi connectivity index (χ1n) is 17.5. The first kappa shape index (κ1) is 29.7. The minimum atomic E-state index is -0.0841. The van der Waals surface area contributed by atoms with Gasteiger partial charge in [0.15, 0.2) is 0 Å². The second-order valence-corrected chi connectivity index (χ2v) is 15.2. The predicted molar refractivity (Wildman–Crippen MR) is 209 cm³/mol. The maximum Gasteiger partial charge on any atom is 0.0520 e. The molecule has 0 amide bonds. The van der Waals surface area contributed by atoms with E-state index >= 15 is 0 Å². The Bertz CT molecular complexity index is 2350. The van der Waals surface area contributed by atoms with Gasteiger partial charge in [0.05, 0.1) is 5.69 Å². The fraction of sp³-hybridized carbons (Fsp3) is 0.167. The van der Waals surface area contributed by atoms with Crippen LogP contribution in [0.3, 0.4) is 0 Å². The Balaban J connectivity index is 1.24. The Hall–Kier alpha value is -5.40. The van der Waals surface area contributed by atoms with Crippen molar-refractivity contribution in [2.45, 2.75) is 52.4 Å². The van der Waals surface area contributed by atoms with Gasteiger partial charge in [-0.25, -0.2) is 0 Å². The summed E-state index contributed by atoms with van der Waals surface area (Å²) < 4.78 is 0. The minimum absolute atomic E-state index is 0.0841. The second-order valence-electron chi connectivity index (χ2n) is 15.2. The zero-order valence-electron chi connectivity index (χ0n) is 29.2. The molecule has 0 fully saturated rings. The molecule has 1 nitrogen and oxygen atoms in total. The number of benzene rings is 7. The lowest BCUT2D eigenvalue weighted by molar-refractivity contribution is 0.660. The average molecular weight is 632 g/mol. The van der Waals surface area contributed by atoms with Crippen LogP contribution in [0.2, 0.25) is 0 Å². The highest BCUT2D eigenvalue weighted by Crippen LogP contribution is 2.53. The zero-order valence-corrected chi connectivity index (χ0v) is 29.2. The van der Waals surface area contributed by atoms with Crippen LogP contribution in [-0.4, -0.2) is 0 Å². The van der Waals surface area contributed by atoms with Crippen LogP contribution in [0, 0.1) is 13.8 Å². The van der Waals surface area contributed by atoms with Crippen molar-refractivity contribution in [3.05, 3.63) is 173 Å². The van der Waals surface area contributed by atoms with Crippen LogP contribution in [0.25, 0.3) is 44.2 Å². The molecule has 0 saturated heterocycles. The molecule has 2 aliphatic rings. The van der Waals surface area contributed by atoms with Gasteiger partial charge in [-0.2, -0.15) is 0 Å². The molecule has 0 spiro atoms. The van der Waals surface area contributed by atoms with Crippen LogP contribution in [0.1, 0.15) is 61.1 Å². The second kappa shape index (κ2) is 10.5. The van der Waals surface area contributed by atoms with Crippen LogP contribution in [-0.2, 0) is 10.8 Å². The van der Waals surface area contributed by atoms with Gasteiger partial charge in [-0.15, -0.1) is 0 Å². The van der Waals surface area contributed by atoms with Crippen molar-refractivity contribution in [3.8, 4) is 33.4 Å². The molecular formula is C48H41N. The summed E-state index contributed by atoms with van der Waals surface area (Å²) in [5.41, 5.74) is 19.4. The van der Waals surface area contributed by atoms with Gasteiger partial charge in [0.2, 0.25) is 0 Å². The van der Waals surface area contributed by atoms with Crippen molar-refractivity contribution in [1.29, 1.82) is 0 Å². The molecule has 0 radical (unpaired) electrons. The van der Waals surface area contributed by atoms with E-state index < -0.39 is 0 Å². The molecule has 0 unspecified atom stereocenters. The van der Waals surface area contributed by atoms with Gasteiger partial charge in [0.25, 0.3) is 0 Å². The summed E-state index contributed by atoms with van der Waals surface area (Å²) in [6.07, 6.45) is 0. The van der Waals surface area contributed by atoms with E-state index in [-0.39, 0.29) is 10.8 Å². The Morgan fingerprint density at radius 1 is 0.388 bits per heavy atom. The van der Waals surface area contributed by atoms with E-state index in [9.17, 15) is 0 Å². The average Bonchev–Trinajstić information content (AvgIpc) is 3.48. The van der Waals surface area contributed by atoms with E-state index in [2.05, 4.69) is 186 Å². The third-order valence-electron chi connectivity index (χ3n) is 11.4. The topological polar surface area (TPSA) is 3.24 Å². The van der Waals surface area contributed by atoms with E-state index in [0.29, 0.717) is 0 Å². The van der Waals surface area contributed by atoms with E-state index in [0.717, 1.165) is 0 Å². The molecular weight excluding hydrogens is 591 g/mol. The monoisotopic (exact) mass is 631 g/mol. The minimum Gasteiger partial charge on any atom is -0.310 e. The lowest BCUT2D eigenvalue weighted by Crippen LogP contribution is -2.18. The molecule has 0 heterocycles.